The van der Waals surface area contributed by atoms with Crippen LogP contribution < -0.4 is 15.2 Å². The summed E-state index contributed by atoms with van der Waals surface area (Å²) in [7, 11) is 1.63. The zero-order chi connectivity index (χ0) is 16.6. The second-order valence-electron chi connectivity index (χ2n) is 6.97. The lowest BCUT2D eigenvalue weighted by molar-refractivity contribution is -0.130. The number of ether oxygens (including phenoxy) is 2. The number of halogens is 1. The molecular formula is C18H25ClN2O3. The highest BCUT2D eigenvalue weighted by Crippen LogP contribution is 2.32. The number of hydrogen-bond acceptors (Lipinski definition) is 4. The standard InChI is InChI=1S/C18H24N2O3.ClH/c1-18(2)11-20(7-6-16(18)19)17(21)13-8-12-9-14(22-3)4-5-15(12)23-10-13;/h4-5,8-9,16H,6-7,10-11,19H2,1-3H3;1H. The number of methoxy groups -OCH3 is 1. The summed E-state index contributed by atoms with van der Waals surface area (Å²) in [5.74, 6) is 1.57. The van der Waals surface area contributed by atoms with E-state index in [-0.39, 0.29) is 29.8 Å². The summed E-state index contributed by atoms with van der Waals surface area (Å²) >= 11 is 0. The molecule has 2 heterocycles. The molecule has 1 amide bonds. The minimum absolute atomic E-state index is 0. The van der Waals surface area contributed by atoms with Gasteiger partial charge in [-0.25, -0.2) is 0 Å². The zero-order valence-corrected chi connectivity index (χ0v) is 15.2. The Labute approximate surface area is 149 Å². The number of benzene rings is 1. The van der Waals surface area contributed by atoms with Crippen LogP contribution in [0.3, 0.4) is 0 Å². The maximum absolute atomic E-state index is 12.8. The monoisotopic (exact) mass is 352 g/mol. The molecule has 0 radical (unpaired) electrons. The van der Waals surface area contributed by atoms with Crippen LogP contribution in [0, 0.1) is 5.41 Å². The molecule has 1 saturated heterocycles. The third-order valence-corrected chi connectivity index (χ3v) is 4.80. The molecule has 0 aliphatic carbocycles. The topological polar surface area (TPSA) is 64.8 Å². The molecule has 1 fully saturated rings. The van der Waals surface area contributed by atoms with Gasteiger partial charge in [0.2, 0.25) is 0 Å². The summed E-state index contributed by atoms with van der Waals surface area (Å²) in [6.45, 7) is 5.91. The van der Waals surface area contributed by atoms with Gasteiger partial charge < -0.3 is 20.1 Å². The van der Waals surface area contributed by atoms with Crippen molar-refractivity contribution in [2.45, 2.75) is 26.3 Å². The van der Waals surface area contributed by atoms with E-state index in [2.05, 4.69) is 13.8 Å². The molecule has 2 N–H and O–H groups in total. The molecule has 1 atom stereocenters. The normalized spacial score (nSPS) is 21.8. The van der Waals surface area contributed by atoms with Crippen LogP contribution in [0.25, 0.3) is 6.08 Å². The van der Waals surface area contributed by atoms with E-state index in [1.54, 1.807) is 7.11 Å². The smallest absolute Gasteiger partial charge is 0.253 e. The van der Waals surface area contributed by atoms with Crippen LogP contribution >= 0.6 is 12.4 Å². The van der Waals surface area contributed by atoms with Crippen molar-refractivity contribution in [1.29, 1.82) is 0 Å². The Bertz CT molecular complexity index is 658. The van der Waals surface area contributed by atoms with Gasteiger partial charge in [-0.3, -0.25) is 4.79 Å². The molecule has 1 aromatic rings. The number of hydrogen-bond donors (Lipinski definition) is 1. The van der Waals surface area contributed by atoms with E-state index in [1.165, 1.54) is 0 Å². The number of nitrogens with two attached hydrogens (primary N) is 1. The lowest BCUT2D eigenvalue weighted by Crippen LogP contribution is -2.54. The average Bonchev–Trinajstić information content (AvgIpc) is 2.55. The molecule has 2 aliphatic rings. The van der Waals surface area contributed by atoms with E-state index < -0.39 is 0 Å². The SMILES string of the molecule is COc1ccc2c(c1)C=C(C(=O)N1CCC(N)C(C)(C)C1)CO2.Cl. The molecular weight excluding hydrogens is 328 g/mol. The van der Waals surface area contributed by atoms with Crippen molar-refractivity contribution < 1.29 is 14.3 Å². The van der Waals surface area contributed by atoms with Gasteiger partial charge in [0.1, 0.15) is 18.1 Å². The van der Waals surface area contributed by atoms with Crippen molar-refractivity contribution in [1.82, 2.24) is 4.90 Å². The Kier molecular flexibility index (Phi) is 5.45. The fourth-order valence-electron chi connectivity index (χ4n) is 3.16. The Hall–Kier alpha value is -1.72. The highest BCUT2D eigenvalue weighted by Gasteiger charge is 2.36. The lowest BCUT2D eigenvalue weighted by atomic mass is 9.79. The third-order valence-electron chi connectivity index (χ3n) is 4.80. The summed E-state index contributed by atoms with van der Waals surface area (Å²) < 4.78 is 11.0. The quantitative estimate of drug-likeness (QED) is 0.888. The number of nitrogens with zero attached hydrogens (tertiary/aromatic N) is 1. The first-order valence-corrected chi connectivity index (χ1v) is 7.97. The van der Waals surface area contributed by atoms with Crippen LogP contribution in [0.15, 0.2) is 23.8 Å². The van der Waals surface area contributed by atoms with Crippen molar-refractivity contribution in [2.75, 3.05) is 26.8 Å². The fraction of sp³-hybridized carbons (Fsp3) is 0.500. The molecule has 5 nitrogen and oxygen atoms in total. The minimum Gasteiger partial charge on any atom is -0.497 e. The first-order chi connectivity index (χ1) is 10.9. The van der Waals surface area contributed by atoms with Gasteiger partial charge in [-0.1, -0.05) is 13.8 Å². The maximum Gasteiger partial charge on any atom is 0.253 e. The van der Waals surface area contributed by atoms with Gasteiger partial charge >= 0.3 is 0 Å². The van der Waals surface area contributed by atoms with Gasteiger partial charge in [-0.15, -0.1) is 12.4 Å². The summed E-state index contributed by atoms with van der Waals surface area (Å²) in [5.41, 5.74) is 7.65. The molecule has 0 saturated carbocycles. The van der Waals surface area contributed by atoms with Crippen LogP contribution in [0.1, 0.15) is 25.8 Å². The second-order valence-corrected chi connectivity index (χ2v) is 6.97. The highest BCUT2D eigenvalue weighted by molar-refractivity contribution is 5.99. The number of fused-ring (bicyclic) bond motifs is 1. The number of piperidine rings is 1. The number of carbonyl (C=O) groups excluding carboxylic acids is 1. The summed E-state index contributed by atoms with van der Waals surface area (Å²) in [4.78, 5) is 14.7. The zero-order valence-electron chi connectivity index (χ0n) is 14.4. The Morgan fingerprint density at radius 3 is 2.83 bits per heavy atom. The van der Waals surface area contributed by atoms with Crippen molar-refractivity contribution in [3.05, 3.63) is 29.3 Å². The van der Waals surface area contributed by atoms with E-state index in [4.69, 9.17) is 15.2 Å². The summed E-state index contributed by atoms with van der Waals surface area (Å²) in [6, 6.07) is 5.74. The van der Waals surface area contributed by atoms with Gasteiger partial charge in [0, 0.05) is 24.7 Å². The van der Waals surface area contributed by atoms with E-state index in [9.17, 15) is 4.79 Å². The highest BCUT2D eigenvalue weighted by atomic mass is 35.5. The number of likely N-dealkylation sites (tertiary alicyclic amines) is 1. The largest absolute Gasteiger partial charge is 0.497 e. The van der Waals surface area contributed by atoms with Gasteiger partial charge in [0.15, 0.2) is 0 Å². The molecule has 0 spiro atoms. The summed E-state index contributed by atoms with van der Waals surface area (Å²) in [6.07, 6.45) is 2.74. The number of amides is 1. The van der Waals surface area contributed by atoms with E-state index >= 15 is 0 Å². The fourth-order valence-corrected chi connectivity index (χ4v) is 3.16. The van der Waals surface area contributed by atoms with Crippen LogP contribution in [-0.4, -0.2) is 43.7 Å². The number of rotatable bonds is 2. The average molecular weight is 353 g/mol. The Morgan fingerprint density at radius 1 is 1.42 bits per heavy atom. The van der Waals surface area contributed by atoms with Crippen molar-refractivity contribution in [3.8, 4) is 11.5 Å². The van der Waals surface area contributed by atoms with Gasteiger partial charge in [0.25, 0.3) is 5.91 Å². The number of carbonyl (C=O) groups is 1. The van der Waals surface area contributed by atoms with Crippen molar-refractivity contribution >= 4 is 24.4 Å². The first-order valence-electron chi connectivity index (χ1n) is 7.97. The molecule has 1 unspecified atom stereocenters. The van der Waals surface area contributed by atoms with Crippen LogP contribution in [-0.2, 0) is 4.79 Å². The molecule has 3 rings (SSSR count). The molecule has 132 valence electrons. The van der Waals surface area contributed by atoms with Crippen molar-refractivity contribution in [2.24, 2.45) is 11.1 Å². The maximum atomic E-state index is 12.8. The second kappa shape index (κ2) is 7.03. The molecule has 0 aromatic heterocycles. The molecule has 2 aliphatic heterocycles. The predicted octanol–water partition coefficient (Wildman–Crippen LogP) is 2.48. The molecule has 6 heteroatoms. The van der Waals surface area contributed by atoms with E-state index in [0.717, 1.165) is 23.5 Å². The van der Waals surface area contributed by atoms with Crippen LogP contribution in [0.4, 0.5) is 0 Å². The Morgan fingerprint density at radius 2 is 2.17 bits per heavy atom. The predicted molar refractivity (Wildman–Crippen MR) is 96.7 cm³/mol. The van der Waals surface area contributed by atoms with Gasteiger partial charge in [-0.05, 0) is 36.1 Å². The minimum atomic E-state index is -0.0644. The van der Waals surface area contributed by atoms with Crippen LogP contribution in [0.5, 0.6) is 11.5 Å². The lowest BCUT2D eigenvalue weighted by Gasteiger charge is -2.43. The first kappa shape index (κ1) is 18.6. The third kappa shape index (κ3) is 3.52. The summed E-state index contributed by atoms with van der Waals surface area (Å²) in [5, 5.41) is 0. The van der Waals surface area contributed by atoms with Gasteiger partial charge in [-0.2, -0.15) is 0 Å². The van der Waals surface area contributed by atoms with E-state index in [1.807, 2.05) is 29.2 Å². The molecule has 24 heavy (non-hydrogen) atoms. The van der Waals surface area contributed by atoms with Crippen molar-refractivity contribution in [3.63, 3.8) is 0 Å². The van der Waals surface area contributed by atoms with E-state index in [0.29, 0.717) is 25.3 Å². The molecule has 0 bridgehead atoms. The van der Waals surface area contributed by atoms with Gasteiger partial charge in [0.05, 0.1) is 12.7 Å². The Balaban J connectivity index is 0.00000208. The van der Waals surface area contributed by atoms with Crippen LogP contribution in [0.2, 0.25) is 0 Å². The molecule has 1 aromatic carbocycles.